The largest absolute Gasteiger partial charge is 0.322 e. The molecule has 1 N–H and O–H groups in total. The van der Waals surface area contributed by atoms with Crippen LogP contribution in [-0.2, 0) is 4.79 Å². The molecule has 13 heavy (non-hydrogen) atoms. The summed E-state index contributed by atoms with van der Waals surface area (Å²) < 4.78 is 12.6. The molecule has 0 atom stereocenters. The van der Waals surface area contributed by atoms with Crippen molar-refractivity contribution in [2.24, 2.45) is 0 Å². The maximum Gasteiger partial charge on any atom is 0.249 e. The Morgan fingerprint density at radius 2 is 2.31 bits per heavy atom. The van der Waals surface area contributed by atoms with Crippen LogP contribution in [0.4, 0.5) is 10.1 Å². The lowest BCUT2D eigenvalue weighted by Crippen LogP contribution is -2.07. The van der Waals surface area contributed by atoms with Crippen LogP contribution in [0.5, 0.6) is 0 Å². The monoisotopic (exact) mass is 199 g/mol. The van der Waals surface area contributed by atoms with Gasteiger partial charge in [-0.25, -0.2) is 4.39 Å². The van der Waals surface area contributed by atoms with Crippen molar-refractivity contribution < 1.29 is 9.18 Å². The van der Waals surface area contributed by atoms with E-state index in [1.165, 1.54) is 18.2 Å². The van der Waals surface area contributed by atoms with Crippen LogP contribution in [0.25, 0.3) is 0 Å². The molecule has 0 radical (unpaired) electrons. The van der Waals surface area contributed by atoms with Crippen molar-refractivity contribution in [3.8, 4) is 0 Å². The Hall–Kier alpha value is -1.35. The van der Waals surface area contributed by atoms with Crippen LogP contribution < -0.4 is 5.32 Å². The maximum absolute atomic E-state index is 12.6. The number of carbonyl (C=O) groups is 1. The molecule has 0 aliphatic rings. The third-order valence-corrected chi connectivity index (χ3v) is 1.43. The van der Waals surface area contributed by atoms with Gasteiger partial charge >= 0.3 is 0 Å². The van der Waals surface area contributed by atoms with Crippen LogP contribution in [0.2, 0.25) is 0 Å². The summed E-state index contributed by atoms with van der Waals surface area (Å²) in [4.78, 5) is 10.9. The summed E-state index contributed by atoms with van der Waals surface area (Å²) in [5.41, 5.74) is 1.49. The van der Waals surface area contributed by atoms with E-state index in [4.69, 9.17) is 11.6 Å². The summed E-state index contributed by atoms with van der Waals surface area (Å²) >= 11 is 5.18. The number of amides is 1. The zero-order chi connectivity index (χ0) is 9.68. The first-order chi connectivity index (χ1) is 6.22. The molecule has 0 fully saturated rings. The average Bonchev–Trinajstić information content (AvgIpc) is 2.04. The lowest BCUT2D eigenvalue weighted by molar-refractivity contribution is -0.111. The van der Waals surface area contributed by atoms with Crippen LogP contribution in [0, 0.1) is 5.82 Å². The van der Waals surface area contributed by atoms with Gasteiger partial charge in [0.2, 0.25) is 5.91 Å². The van der Waals surface area contributed by atoms with Gasteiger partial charge in [0.05, 0.1) is 0 Å². The van der Waals surface area contributed by atoms with Gasteiger partial charge < -0.3 is 5.32 Å². The number of nitrogens with one attached hydrogen (secondary N) is 1. The van der Waals surface area contributed by atoms with Crippen molar-refractivity contribution in [1.29, 1.82) is 0 Å². The van der Waals surface area contributed by atoms with Crippen LogP contribution >= 0.6 is 11.6 Å². The molecule has 0 heterocycles. The third kappa shape index (κ3) is 3.25. The standard InChI is InChI=1S/C9H7ClFNO/c10-5-4-9(13)12-8-3-1-2-7(11)6-8/h1-6H,(H,12,13)/b5-4+. The van der Waals surface area contributed by atoms with Crippen molar-refractivity contribution in [3.63, 3.8) is 0 Å². The molecule has 0 aliphatic carbocycles. The highest BCUT2D eigenvalue weighted by atomic mass is 35.5. The molecule has 2 nitrogen and oxygen atoms in total. The zero-order valence-electron chi connectivity index (χ0n) is 6.63. The normalized spacial score (nSPS) is 10.3. The molecule has 1 amide bonds. The highest BCUT2D eigenvalue weighted by Crippen LogP contribution is 2.08. The van der Waals surface area contributed by atoms with Crippen LogP contribution in [0.15, 0.2) is 35.9 Å². The molecule has 1 aromatic rings. The highest BCUT2D eigenvalue weighted by Gasteiger charge is 1.97. The van der Waals surface area contributed by atoms with Crippen molar-refractivity contribution >= 4 is 23.2 Å². The van der Waals surface area contributed by atoms with Crippen molar-refractivity contribution in [3.05, 3.63) is 41.7 Å². The summed E-state index contributed by atoms with van der Waals surface area (Å²) in [5.74, 6) is -0.784. The number of anilines is 1. The van der Waals surface area contributed by atoms with Gasteiger partial charge in [-0.15, -0.1) is 0 Å². The fourth-order valence-electron chi connectivity index (χ4n) is 0.807. The predicted molar refractivity (Wildman–Crippen MR) is 50.0 cm³/mol. The van der Waals surface area contributed by atoms with E-state index in [0.717, 1.165) is 11.6 Å². The second-order valence-corrected chi connectivity index (χ2v) is 2.54. The van der Waals surface area contributed by atoms with Gasteiger partial charge in [0.25, 0.3) is 0 Å². The summed E-state index contributed by atoms with van der Waals surface area (Å²) in [5, 5.41) is 2.43. The van der Waals surface area contributed by atoms with E-state index < -0.39 is 5.82 Å². The lowest BCUT2D eigenvalue weighted by Gasteiger charge is -2.00. The van der Waals surface area contributed by atoms with Crippen molar-refractivity contribution in [2.45, 2.75) is 0 Å². The number of hydrogen-bond donors (Lipinski definition) is 1. The second-order valence-electron chi connectivity index (χ2n) is 2.29. The Labute approximate surface area is 80.0 Å². The zero-order valence-corrected chi connectivity index (χ0v) is 7.38. The number of benzene rings is 1. The van der Waals surface area contributed by atoms with Crippen molar-refractivity contribution in [1.82, 2.24) is 0 Å². The molecule has 0 unspecified atom stereocenters. The second kappa shape index (κ2) is 4.62. The predicted octanol–water partition coefficient (Wildman–Crippen LogP) is 2.52. The fourth-order valence-corrected chi connectivity index (χ4v) is 0.922. The molecule has 0 saturated carbocycles. The van der Waals surface area contributed by atoms with E-state index in [2.05, 4.69) is 5.32 Å². The minimum absolute atomic E-state index is 0.388. The smallest absolute Gasteiger partial charge is 0.249 e. The Morgan fingerprint density at radius 1 is 1.54 bits per heavy atom. The Morgan fingerprint density at radius 3 is 2.92 bits per heavy atom. The van der Waals surface area contributed by atoms with Gasteiger partial charge in [-0.3, -0.25) is 4.79 Å². The van der Waals surface area contributed by atoms with E-state index in [1.54, 1.807) is 6.07 Å². The fraction of sp³-hybridized carbons (Fsp3) is 0. The molecule has 1 aromatic carbocycles. The summed E-state index contributed by atoms with van der Waals surface area (Å²) in [6, 6.07) is 5.62. The molecule has 0 spiro atoms. The van der Waals surface area contributed by atoms with Crippen LogP contribution in [-0.4, -0.2) is 5.91 Å². The number of carbonyl (C=O) groups excluding carboxylic acids is 1. The molecular weight excluding hydrogens is 193 g/mol. The van der Waals surface area contributed by atoms with Gasteiger partial charge in [-0.05, 0) is 18.2 Å². The van der Waals surface area contributed by atoms with Crippen molar-refractivity contribution in [2.75, 3.05) is 5.32 Å². The number of rotatable bonds is 2. The number of halogens is 2. The average molecular weight is 200 g/mol. The molecule has 68 valence electrons. The van der Waals surface area contributed by atoms with Gasteiger partial charge in [-0.2, -0.15) is 0 Å². The molecule has 0 saturated heterocycles. The molecule has 0 bridgehead atoms. The minimum atomic E-state index is -0.396. The highest BCUT2D eigenvalue weighted by molar-refractivity contribution is 6.27. The Bertz CT molecular complexity index is 338. The van der Waals surface area contributed by atoms with Gasteiger partial charge in [0.15, 0.2) is 0 Å². The van der Waals surface area contributed by atoms with Gasteiger partial charge in [-0.1, -0.05) is 17.7 Å². The van der Waals surface area contributed by atoms with Crippen LogP contribution in [0.3, 0.4) is 0 Å². The Balaban J connectivity index is 2.69. The molecular formula is C9H7ClFNO. The van der Waals surface area contributed by atoms with E-state index in [9.17, 15) is 9.18 Å². The minimum Gasteiger partial charge on any atom is -0.322 e. The van der Waals surface area contributed by atoms with E-state index in [0.29, 0.717) is 5.69 Å². The van der Waals surface area contributed by atoms with E-state index >= 15 is 0 Å². The first-order valence-electron chi connectivity index (χ1n) is 3.55. The molecule has 4 heteroatoms. The van der Waals surface area contributed by atoms with Gasteiger partial charge in [0, 0.05) is 17.3 Å². The SMILES string of the molecule is O=C(/C=C/Cl)Nc1cccc(F)c1. The number of hydrogen-bond acceptors (Lipinski definition) is 1. The molecule has 0 aromatic heterocycles. The topological polar surface area (TPSA) is 29.1 Å². The van der Waals surface area contributed by atoms with E-state index in [-0.39, 0.29) is 5.91 Å². The Kier molecular flexibility index (Phi) is 3.46. The maximum atomic E-state index is 12.6. The third-order valence-electron chi connectivity index (χ3n) is 1.31. The molecule has 0 aliphatic heterocycles. The lowest BCUT2D eigenvalue weighted by atomic mass is 10.3. The summed E-state index contributed by atoms with van der Waals surface area (Å²) in [6.45, 7) is 0. The first-order valence-corrected chi connectivity index (χ1v) is 3.99. The summed E-state index contributed by atoms with van der Waals surface area (Å²) in [7, 11) is 0. The quantitative estimate of drug-likeness (QED) is 0.729. The summed E-state index contributed by atoms with van der Waals surface area (Å²) in [6.07, 6.45) is 1.15. The first kappa shape index (κ1) is 9.74. The van der Waals surface area contributed by atoms with Crippen LogP contribution in [0.1, 0.15) is 0 Å². The van der Waals surface area contributed by atoms with Gasteiger partial charge in [0.1, 0.15) is 5.82 Å². The van der Waals surface area contributed by atoms with E-state index in [1.807, 2.05) is 0 Å². The molecule has 1 rings (SSSR count).